The Morgan fingerprint density at radius 2 is 2.00 bits per heavy atom. The lowest BCUT2D eigenvalue weighted by Gasteiger charge is -2.46. The quantitative estimate of drug-likeness (QED) is 0.652. The number of nitrogens with zero attached hydrogens (tertiary/aromatic N) is 1. The molecule has 1 saturated heterocycles. The number of hydrogen-bond donors (Lipinski definition) is 3. The van der Waals surface area contributed by atoms with Crippen LogP contribution in [0.4, 0.5) is 4.79 Å². The molecule has 0 spiro atoms. The summed E-state index contributed by atoms with van der Waals surface area (Å²) in [7, 11) is 0. The minimum Gasteiger partial charge on any atom is -0.387 e. The number of carbonyl (C=O) groups excluding carboxylic acids is 2. The van der Waals surface area contributed by atoms with E-state index >= 15 is 0 Å². The van der Waals surface area contributed by atoms with Crippen molar-refractivity contribution in [3.63, 3.8) is 0 Å². The van der Waals surface area contributed by atoms with Crippen LogP contribution in [-0.2, 0) is 4.79 Å². The van der Waals surface area contributed by atoms with Gasteiger partial charge in [-0.3, -0.25) is 15.0 Å². The molecule has 0 radical (unpaired) electrons. The zero-order chi connectivity index (χ0) is 14.0. The Morgan fingerprint density at radius 1 is 1.37 bits per heavy atom. The van der Waals surface area contributed by atoms with Crippen molar-refractivity contribution in [2.75, 3.05) is 26.2 Å². The van der Waals surface area contributed by atoms with E-state index < -0.39 is 11.6 Å². The molecule has 2 rings (SSSR count). The van der Waals surface area contributed by atoms with Crippen LogP contribution in [-0.4, -0.2) is 53.7 Å². The third-order valence-corrected chi connectivity index (χ3v) is 3.62. The van der Waals surface area contributed by atoms with Crippen molar-refractivity contribution >= 4 is 11.9 Å². The molecule has 3 N–H and O–H groups in total. The van der Waals surface area contributed by atoms with Crippen molar-refractivity contribution in [3.05, 3.63) is 0 Å². The van der Waals surface area contributed by atoms with Gasteiger partial charge in [0.25, 0.3) is 0 Å². The van der Waals surface area contributed by atoms with E-state index in [9.17, 15) is 14.7 Å². The summed E-state index contributed by atoms with van der Waals surface area (Å²) < 4.78 is 0. The van der Waals surface area contributed by atoms with Crippen LogP contribution in [0.2, 0.25) is 0 Å². The van der Waals surface area contributed by atoms with Crippen LogP contribution < -0.4 is 10.6 Å². The summed E-state index contributed by atoms with van der Waals surface area (Å²) in [6.45, 7) is 5.77. The van der Waals surface area contributed by atoms with Gasteiger partial charge in [-0.05, 0) is 24.7 Å². The lowest BCUT2D eigenvalue weighted by atomic mass is 9.89. The summed E-state index contributed by atoms with van der Waals surface area (Å²) in [5.41, 5.74) is -0.583. The molecule has 0 aromatic rings. The smallest absolute Gasteiger partial charge is 0.321 e. The van der Waals surface area contributed by atoms with E-state index in [1.807, 2.05) is 18.7 Å². The highest BCUT2D eigenvalue weighted by Crippen LogP contribution is 2.44. The molecule has 1 saturated carbocycles. The summed E-state index contributed by atoms with van der Waals surface area (Å²) in [5.74, 6) is 0.449. The molecule has 6 nitrogen and oxygen atoms in total. The van der Waals surface area contributed by atoms with Gasteiger partial charge in [-0.1, -0.05) is 13.8 Å². The number of aliphatic hydroxyl groups is 1. The van der Waals surface area contributed by atoms with Gasteiger partial charge in [-0.2, -0.15) is 0 Å². The minimum atomic E-state index is -0.583. The molecule has 2 aliphatic rings. The molecular weight excluding hydrogens is 246 g/mol. The number of imide groups is 1. The van der Waals surface area contributed by atoms with Crippen molar-refractivity contribution < 1.29 is 14.7 Å². The third kappa shape index (κ3) is 3.91. The molecule has 0 atom stereocenters. The normalized spacial score (nSPS) is 21.9. The Morgan fingerprint density at radius 3 is 2.53 bits per heavy atom. The summed E-state index contributed by atoms with van der Waals surface area (Å²) in [6.07, 6.45) is 2.18. The van der Waals surface area contributed by atoms with Gasteiger partial charge < -0.3 is 10.4 Å². The molecule has 6 heteroatoms. The molecule has 1 heterocycles. The van der Waals surface area contributed by atoms with E-state index in [1.165, 1.54) is 0 Å². The zero-order valence-electron chi connectivity index (χ0n) is 11.6. The molecule has 1 aliphatic heterocycles. The van der Waals surface area contributed by atoms with E-state index in [0.29, 0.717) is 31.5 Å². The highest BCUT2D eigenvalue weighted by molar-refractivity contribution is 5.95. The van der Waals surface area contributed by atoms with E-state index in [2.05, 4.69) is 10.6 Å². The zero-order valence-corrected chi connectivity index (χ0v) is 11.6. The number of nitrogens with one attached hydrogen (secondary N) is 2. The molecule has 108 valence electrons. The minimum absolute atomic E-state index is 0.171. The number of amides is 3. The number of carbonyl (C=O) groups is 2. The van der Waals surface area contributed by atoms with Crippen LogP contribution in [0.15, 0.2) is 0 Å². The van der Waals surface area contributed by atoms with E-state index in [0.717, 1.165) is 12.8 Å². The molecule has 2 fully saturated rings. The fraction of sp³-hybridized carbons (Fsp3) is 0.846. The Kier molecular flexibility index (Phi) is 4.10. The Hall–Kier alpha value is -1.14. The van der Waals surface area contributed by atoms with Gasteiger partial charge in [0.1, 0.15) is 0 Å². The van der Waals surface area contributed by atoms with Crippen LogP contribution in [0.5, 0.6) is 0 Å². The second-order valence-electron chi connectivity index (χ2n) is 6.18. The molecule has 0 unspecified atom stereocenters. The predicted octanol–water partition coefficient (Wildman–Crippen LogP) is -0.0751. The first-order chi connectivity index (χ1) is 8.89. The third-order valence-electron chi connectivity index (χ3n) is 3.62. The molecule has 0 aromatic heterocycles. The van der Waals surface area contributed by atoms with Gasteiger partial charge in [0.05, 0.1) is 12.1 Å². The Labute approximate surface area is 113 Å². The van der Waals surface area contributed by atoms with Crippen LogP contribution in [0.3, 0.4) is 0 Å². The average Bonchev–Trinajstić information content (AvgIpc) is 3.07. The Balaban J connectivity index is 1.61. The number of hydrogen-bond acceptors (Lipinski definition) is 4. The fourth-order valence-corrected chi connectivity index (χ4v) is 2.43. The topological polar surface area (TPSA) is 81.7 Å². The largest absolute Gasteiger partial charge is 0.387 e. The maximum absolute atomic E-state index is 11.6. The van der Waals surface area contributed by atoms with Gasteiger partial charge in [0, 0.05) is 19.6 Å². The first-order valence-electron chi connectivity index (χ1n) is 6.91. The molecule has 0 bridgehead atoms. The van der Waals surface area contributed by atoms with Crippen molar-refractivity contribution in [3.8, 4) is 0 Å². The molecule has 1 aliphatic carbocycles. The standard InChI is InChI=1S/C13H23N3O3/c1-9(2)5-14-12(18)15-11(17)6-16-7-13(19,8-16)10-3-4-10/h9-10,19H,3-8H2,1-2H3,(H2,14,15,17,18). The van der Waals surface area contributed by atoms with Crippen molar-refractivity contribution in [2.24, 2.45) is 11.8 Å². The molecule has 3 amide bonds. The number of rotatable bonds is 5. The molecule has 19 heavy (non-hydrogen) atoms. The van der Waals surface area contributed by atoms with Crippen molar-refractivity contribution in [1.82, 2.24) is 15.5 Å². The van der Waals surface area contributed by atoms with Crippen LogP contribution >= 0.6 is 0 Å². The lowest BCUT2D eigenvalue weighted by molar-refractivity contribution is -0.135. The summed E-state index contributed by atoms with van der Waals surface area (Å²) in [5, 5.41) is 15.0. The SMILES string of the molecule is CC(C)CNC(=O)NC(=O)CN1CC(O)(C2CC2)C1. The van der Waals surface area contributed by atoms with Gasteiger partial charge in [0.15, 0.2) is 0 Å². The summed E-state index contributed by atoms with van der Waals surface area (Å²) in [6, 6.07) is -0.448. The van der Waals surface area contributed by atoms with Crippen LogP contribution in [0, 0.1) is 11.8 Å². The number of urea groups is 1. The van der Waals surface area contributed by atoms with Crippen molar-refractivity contribution in [2.45, 2.75) is 32.3 Å². The van der Waals surface area contributed by atoms with Crippen molar-refractivity contribution in [1.29, 1.82) is 0 Å². The number of β-amino-alcohol motifs (C(OH)–C–C–N with tert-alkyl or cyclic N) is 1. The number of likely N-dealkylation sites (tertiary alicyclic amines) is 1. The monoisotopic (exact) mass is 269 g/mol. The summed E-state index contributed by atoms with van der Waals surface area (Å²) in [4.78, 5) is 24.8. The maximum Gasteiger partial charge on any atom is 0.321 e. The average molecular weight is 269 g/mol. The molecular formula is C13H23N3O3. The predicted molar refractivity (Wildman–Crippen MR) is 70.5 cm³/mol. The van der Waals surface area contributed by atoms with Gasteiger partial charge >= 0.3 is 6.03 Å². The van der Waals surface area contributed by atoms with E-state index in [4.69, 9.17) is 0 Å². The maximum atomic E-state index is 11.6. The first-order valence-corrected chi connectivity index (χ1v) is 6.91. The fourth-order valence-electron chi connectivity index (χ4n) is 2.43. The highest BCUT2D eigenvalue weighted by Gasteiger charge is 2.51. The van der Waals surface area contributed by atoms with Gasteiger partial charge in [-0.25, -0.2) is 4.79 Å². The van der Waals surface area contributed by atoms with E-state index in [1.54, 1.807) is 0 Å². The van der Waals surface area contributed by atoms with Gasteiger partial charge in [0.2, 0.25) is 5.91 Å². The lowest BCUT2D eigenvalue weighted by Crippen LogP contribution is -2.64. The molecule has 0 aromatic carbocycles. The van der Waals surface area contributed by atoms with E-state index in [-0.39, 0.29) is 12.5 Å². The second-order valence-corrected chi connectivity index (χ2v) is 6.18. The Bertz CT molecular complexity index is 360. The highest BCUT2D eigenvalue weighted by atomic mass is 16.3. The first kappa shape index (κ1) is 14.3. The summed E-state index contributed by atoms with van der Waals surface area (Å²) >= 11 is 0. The van der Waals surface area contributed by atoms with Gasteiger partial charge in [-0.15, -0.1) is 0 Å². The second kappa shape index (κ2) is 5.46. The van der Waals surface area contributed by atoms with Crippen LogP contribution in [0.25, 0.3) is 0 Å². The van der Waals surface area contributed by atoms with Crippen LogP contribution in [0.1, 0.15) is 26.7 Å².